The zero-order chi connectivity index (χ0) is 12.3. The van der Waals surface area contributed by atoms with E-state index in [1.54, 1.807) is 22.7 Å². The predicted octanol–water partition coefficient (Wildman–Crippen LogP) is 3.07. The van der Waals surface area contributed by atoms with Crippen molar-refractivity contribution in [1.29, 1.82) is 0 Å². The van der Waals surface area contributed by atoms with Gasteiger partial charge in [-0.1, -0.05) is 6.07 Å². The second-order valence-corrected chi connectivity index (χ2v) is 5.62. The Morgan fingerprint density at radius 3 is 3.06 bits per heavy atom. The van der Waals surface area contributed by atoms with Crippen LogP contribution >= 0.6 is 22.7 Å². The Morgan fingerprint density at radius 1 is 1.59 bits per heavy atom. The lowest BCUT2D eigenvalue weighted by Gasteiger charge is -1.97. The van der Waals surface area contributed by atoms with Crippen LogP contribution in [0.25, 0.3) is 10.6 Å². The number of aliphatic carboxylic acids is 1. The highest BCUT2D eigenvalue weighted by Gasteiger charge is 2.10. The van der Waals surface area contributed by atoms with Gasteiger partial charge in [-0.2, -0.15) is 0 Å². The van der Waals surface area contributed by atoms with Crippen LogP contribution < -0.4 is 5.32 Å². The molecule has 2 aromatic heterocycles. The molecule has 2 rings (SSSR count). The van der Waals surface area contributed by atoms with Crippen LogP contribution in [-0.4, -0.2) is 22.6 Å². The molecule has 2 heterocycles. The van der Waals surface area contributed by atoms with Gasteiger partial charge in [-0.25, -0.2) is 4.98 Å². The number of carboxylic acids is 1. The van der Waals surface area contributed by atoms with E-state index in [1.807, 2.05) is 24.4 Å². The number of aryl methyl sites for hydroxylation is 1. The lowest BCUT2D eigenvalue weighted by Crippen LogP contribution is -2.07. The summed E-state index contributed by atoms with van der Waals surface area (Å²) in [4.78, 5) is 17.2. The van der Waals surface area contributed by atoms with Gasteiger partial charge in [-0.3, -0.25) is 4.79 Å². The number of nitrogens with one attached hydrogen (secondary N) is 1. The third kappa shape index (κ3) is 3.04. The van der Waals surface area contributed by atoms with E-state index in [-0.39, 0.29) is 6.42 Å². The summed E-state index contributed by atoms with van der Waals surface area (Å²) >= 11 is 3.21. The number of carboxylic acid groups (broad SMARTS) is 1. The van der Waals surface area contributed by atoms with Gasteiger partial charge in [0.2, 0.25) is 0 Å². The molecule has 90 valence electrons. The maximum Gasteiger partial charge on any atom is 0.305 e. The van der Waals surface area contributed by atoms with E-state index in [9.17, 15) is 4.79 Å². The minimum atomic E-state index is -0.802. The van der Waals surface area contributed by atoms with Crippen molar-refractivity contribution < 1.29 is 9.90 Å². The van der Waals surface area contributed by atoms with Crippen LogP contribution in [0.15, 0.2) is 17.5 Å². The van der Waals surface area contributed by atoms with E-state index in [0.717, 1.165) is 20.6 Å². The molecule has 0 amide bonds. The smallest absolute Gasteiger partial charge is 0.305 e. The minimum Gasteiger partial charge on any atom is -0.481 e. The van der Waals surface area contributed by atoms with Gasteiger partial charge in [0.25, 0.3) is 0 Å². The number of carbonyl (C=O) groups is 1. The number of aromatic nitrogens is 1. The Morgan fingerprint density at radius 2 is 2.41 bits per heavy atom. The summed E-state index contributed by atoms with van der Waals surface area (Å²) in [7, 11) is 0. The zero-order valence-electron chi connectivity index (χ0n) is 9.27. The first-order valence-corrected chi connectivity index (χ1v) is 6.83. The van der Waals surface area contributed by atoms with E-state index < -0.39 is 5.97 Å². The summed E-state index contributed by atoms with van der Waals surface area (Å²) < 4.78 is 0. The van der Waals surface area contributed by atoms with Crippen LogP contribution in [0.3, 0.4) is 0 Å². The largest absolute Gasteiger partial charge is 0.481 e. The molecule has 0 aliphatic heterocycles. The molecule has 0 saturated carbocycles. The van der Waals surface area contributed by atoms with Crippen molar-refractivity contribution in [2.75, 3.05) is 11.9 Å². The summed E-state index contributed by atoms with van der Waals surface area (Å²) in [6.07, 6.45) is 0.104. The normalized spacial score (nSPS) is 10.4. The highest BCUT2D eigenvalue weighted by Crippen LogP contribution is 2.32. The van der Waals surface area contributed by atoms with Gasteiger partial charge >= 0.3 is 5.97 Å². The first-order chi connectivity index (χ1) is 8.16. The quantitative estimate of drug-likeness (QED) is 0.875. The lowest BCUT2D eigenvalue weighted by atomic mass is 10.3. The topological polar surface area (TPSA) is 62.2 Å². The number of nitrogens with zero attached hydrogens (tertiary/aromatic N) is 1. The van der Waals surface area contributed by atoms with Crippen molar-refractivity contribution in [2.45, 2.75) is 13.3 Å². The highest BCUT2D eigenvalue weighted by molar-refractivity contribution is 7.17. The number of hydrogen-bond donors (Lipinski definition) is 2. The average molecular weight is 268 g/mol. The van der Waals surface area contributed by atoms with Crippen molar-refractivity contribution in [3.05, 3.63) is 22.4 Å². The molecular weight excluding hydrogens is 256 g/mol. The molecule has 17 heavy (non-hydrogen) atoms. The summed E-state index contributed by atoms with van der Waals surface area (Å²) in [5.41, 5.74) is 0.989. The van der Waals surface area contributed by atoms with Crippen LogP contribution in [-0.2, 0) is 4.79 Å². The number of anilines is 1. The first-order valence-electron chi connectivity index (χ1n) is 5.14. The molecule has 2 N–H and O–H groups in total. The van der Waals surface area contributed by atoms with Crippen LogP contribution in [0.5, 0.6) is 0 Å². The van der Waals surface area contributed by atoms with E-state index in [4.69, 9.17) is 5.11 Å². The van der Waals surface area contributed by atoms with Crippen LogP contribution in [0.1, 0.15) is 11.3 Å². The van der Waals surface area contributed by atoms with Gasteiger partial charge in [0.1, 0.15) is 0 Å². The Hall–Kier alpha value is -1.40. The molecule has 0 saturated heterocycles. The Kier molecular flexibility index (Phi) is 3.75. The van der Waals surface area contributed by atoms with Gasteiger partial charge in [0, 0.05) is 11.4 Å². The summed E-state index contributed by atoms with van der Waals surface area (Å²) in [5.74, 6) is -0.802. The first kappa shape index (κ1) is 12.1. The van der Waals surface area contributed by atoms with Gasteiger partial charge in [-0.05, 0) is 18.4 Å². The van der Waals surface area contributed by atoms with Crippen LogP contribution in [0.4, 0.5) is 5.13 Å². The van der Waals surface area contributed by atoms with E-state index >= 15 is 0 Å². The fraction of sp³-hybridized carbons (Fsp3) is 0.273. The molecule has 6 heteroatoms. The van der Waals surface area contributed by atoms with Crippen molar-refractivity contribution in [3.63, 3.8) is 0 Å². The molecule has 0 aromatic carbocycles. The van der Waals surface area contributed by atoms with Gasteiger partial charge in [0.05, 0.1) is 17.0 Å². The Bertz CT molecular complexity index is 506. The third-order valence-corrected chi connectivity index (χ3v) is 3.97. The van der Waals surface area contributed by atoms with E-state index in [0.29, 0.717) is 6.54 Å². The number of thiazole rings is 1. The van der Waals surface area contributed by atoms with Crippen molar-refractivity contribution in [3.8, 4) is 10.6 Å². The monoisotopic (exact) mass is 268 g/mol. The van der Waals surface area contributed by atoms with Crippen LogP contribution in [0.2, 0.25) is 0 Å². The third-order valence-electron chi connectivity index (χ3n) is 2.17. The molecule has 4 nitrogen and oxygen atoms in total. The molecule has 0 atom stereocenters. The standard InChI is InChI=1S/C11H12N2O2S2/c1-7-10(8-3-2-6-16-8)13-11(17-7)12-5-4-9(14)15/h2-3,6H,4-5H2,1H3,(H,12,13)(H,14,15). The number of rotatable bonds is 5. The fourth-order valence-electron chi connectivity index (χ4n) is 1.39. The zero-order valence-corrected chi connectivity index (χ0v) is 10.9. The minimum absolute atomic E-state index is 0.104. The van der Waals surface area contributed by atoms with Crippen molar-refractivity contribution in [2.24, 2.45) is 0 Å². The molecule has 0 aliphatic carbocycles. The number of hydrogen-bond acceptors (Lipinski definition) is 5. The second kappa shape index (κ2) is 5.29. The highest BCUT2D eigenvalue weighted by atomic mass is 32.1. The second-order valence-electron chi connectivity index (χ2n) is 3.47. The fourth-order valence-corrected chi connectivity index (χ4v) is 3.08. The Labute approximate surface area is 107 Å². The van der Waals surface area contributed by atoms with Gasteiger partial charge in [-0.15, -0.1) is 22.7 Å². The van der Waals surface area contributed by atoms with Crippen molar-refractivity contribution >= 4 is 33.8 Å². The molecule has 0 radical (unpaired) electrons. The maximum absolute atomic E-state index is 10.4. The van der Waals surface area contributed by atoms with Gasteiger partial charge < -0.3 is 10.4 Å². The SMILES string of the molecule is Cc1sc(NCCC(=O)O)nc1-c1cccs1. The predicted molar refractivity (Wildman–Crippen MR) is 70.9 cm³/mol. The van der Waals surface area contributed by atoms with E-state index in [2.05, 4.69) is 10.3 Å². The molecule has 0 aliphatic rings. The van der Waals surface area contributed by atoms with Crippen molar-refractivity contribution in [1.82, 2.24) is 4.98 Å². The molecule has 2 aromatic rings. The average Bonchev–Trinajstić information content (AvgIpc) is 2.86. The number of thiophene rings is 1. The summed E-state index contributed by atoms with van der Waals surface area (Å²) in [5, 5.41) is 14.4. The molecular formula is C11H12N2O2S2. The molecule has 0 fully saturated rings. The summed E-state index contributed by atoms with van der Waals surface area (Å²) in [6, 6.07) is 4.03. The maximum atomic E-state index is 10.4. The molecule has 0 spiro atoms. The van der Waals surface area contributed by atoms with Crippen LogP contribution in [0, 0.1) is 6.92 Å². The van der Waals surface area contributed by atoms with E-state index in [1.165, 1.54) is 0 Å². The Balaban J connectivity index is 2.06. The van der Waals surface area contributed by atoms with Gasteiger partial charge in [0.15, 0.2) is 5.13 Å². The molecule has 0 unspecified atom stereocenters. The molecule has 0 bridgehead atoms. The lowest BCUT2D eigenvalue weighted by molar-refractivity contribution is -0.136. The summed E-state index contributed by atoms with van der Waals surface area (Å²) in [6.45, 7) is 2.43.